The fourth-order valence-electron chi connectivity index (χ4n) is 3.26. The molecule has 0 aliphatic rings. The summed E-state index contributed by atoms with van der Waals surface area (Å²) in [4.78, 5) is 8.34. The first kappa shape index (κ1) is 20.8. The predicted octanol–water partition coefficient (Wildman–Crippen LogP) is 4.65. The summed E-state index contributed by atoms with van der Waals surface area (Å²) in [6.45, 7) is 0. The lowest BCUT2D eigenvalue weighted by atomic mass is 9.98. The monoisotopic (exact) mass is 443 g/mol. The minimum Gasteiger partial charge on any atom is -0.359 e. The summed E-state index contributed by atoms with van der Waals surface area (Å²) >= 11 is 0. The van der Waals surface area contributed by atoms with Crippen LogP contribution in [0.5, 0.6) is 0 Å². The Morgan fingerprint density at radius 1 is 0.871 bits per heavy atom. The van der Waals surface area contributed by atoms with Crippen molar-refractivity contribution in [2.45, 2.75) is 10.9 Å². The highest BCUT2D eigenvalue weighted by atomic mass is 32.2. The van der Waals surface area contributed by atoms with Crippen LogP contribution in [0.2, 0.25) is 0 Å². The van der Waals surface area contributed by atoms with E-state index in [4.69, 9.17) is 0 Å². The standard InChI is InChI=1S/C22H16F3N3O2S/c1-31(29,30)16-4-2-3-13(9-16)21(14-5-7-18(24)19(25)10-14)28-22-17-11-15(23)6-8-20(17)26-12-27-22/h2-12,21H,1H3,(H,26,27,28). The Balaban J connectivity index is 1.88. The Morgan fingerprint density at radius 3 is 2.39 bits per heavy atom. The first-order valence-corrected chi connectivity index (χ1v) is 11.0. The molecule has 1 aromatic heterocycles. The van der Waals surface area contributed by atoms with Crippen LogP contribution in [0.3, 0.4) is 0 Å². The molecule has 31 heavy (non-hydrogen) atoms. The van der Waals surface area contributed by atoms with Crippen molar-refractivity contribution in [3.63, 3.8) is 0 Å². The van der Waals surface area contributed by atoms with Crippen molar-refractivity contribution in [2.24, 2.45) is 0 Å². The summed E-state index contributed by atoms with van der Waals surface area (Å²) in [6.07, 6.45) is 2.37. The van der Waals surface area contributed by atoms with Gasteiger partial charge in [0.25, 0.3) is 0 Å². The zero-order chi connectivity index (χ0) is 22.2. The lowest BCUT2D eigenvalue weighted by molar-refractivity contribution is 0.506. The van der Waals surface area contributed by atoms with Gasteiger partial charge in [-0.25, -0.2) is 31.6 Å². The summed E-state index contributed by atoms with van der Waals surface area (Å²) in [7, 11) is -3.51. The summed E-state index contributed by atoms with van der Waals surface area (Å²) in [6, 6.07) is 12.7. The molecule has 1 unspecified atom stereocenters. The van der Waals surface area contributed by atoms with E-state index in [1.807, 2.05) is 0 Å². The average molecular weight is 443 g/mol. The predicted molar refractivity (Wildman–Crippen MR) is 111 cm³/mol. The highest BCUT2D eigenvalue weighted by molar-refractivity contribution is 7.90. The third-order valence-corrected chi connectivity index (χ3v) is 5.89. The number of hydrogen-bond donors (Lipinski definition) is 1. The van der Waals surface area contributed by atoms with Gasteiger partial charge in [-0.1, -0.05) is 18.2 Å². The van der Waals surface area contributed by atoms with E-state index in [9.17, 15) is 21.6 Å². The van der Waals surface area contributed by atoms with Gasteiger partial charge in [0.1, 0.15) is 18.0 Å². The molecule has 9 heteroatoms. The van der Waals surface area contributed by atoms with E-state index < -0.39 is 33.3 Å². The lowest BCUT2D eigenvalue weighted by Crippen LogP contribution is -2.15. The second-order valence-electron chi connectivity index (χ2n) is 6.98. The lowest BCUT2D eigenvalue weighted by Gasteiger charge is -2.22. The molecule has 0 aliphatic heterocycles. The SMILES string of the molecule is CS(=O)(=O)c1cccc(C(Nc2ncnc3ccc(F)cc23)c2ccc(F)c(F)c2)c1. The Bertz CT molecular complexity index is 1390. The molecule has 1 heterocycles. The van der Waals surface area contributed by atoms with Crippen molar-refractivity contribution in [1.82, 2.24) is 9.97 Å². The molecule has 0 fully saturated rings. The van der Waals surface area contributed by atoms with Crippen LogP contribution >= 0.6 is 0 Å². The van der Waals surface area contributed by atoms with E-state index in [2.05, 4.69) is 15.3 Å². The van der Waals surface area contributed by atoms with Crippen molar-refractivity contribution >= 4 is 26.6 Å². The molecule has 3 aromatic carbocycles. The van der Waals surface area contributed by atoms with E-state index >= 15 is 0 Å². The van der Waals surface area contributed by atoms with Crippen LogP contribution in [0.4, 0.5) is 19.0 Å². The third-order valence-electron chi connectivity index (χ3n) is 4.77. The molecule has 0 radical (unpaired) electrons. The Morgan fingerprint density at radius 2 is 1.65 bits per heavy atom. The summed E-state index contributed by atoms with van der Waals surface area (Å²) in [5.41, 5.74) is 1.28. The van der Waals surface area contributed by atoms with Crippen LogP contribution in [-0.4, -0.2) is 24.6 Å². The maximum absolute atomic E-state index is 14.0. The number of sulfone groups is 1. The maximum Gasteiger partial charge on any atom is 0.175 e. The van der Waals surface area contributed by atoms with Crippen molar-refractivity contribution in [3.05, 3.63) is 95.6 Å². The largest absolute Gasteiger partial charge is 0.359 e. The van der Waals surface area contributed by atoms with Crippen molar-refractivity contribution in [1.29, 1.82) is 0 Å². The third kappa shape index (κ3) is 4.36. The minimum atomic E-state index is -3.51. The number of aromatic nitrogens is 2. The van der Waals surface area contributed by atoms with Gasteiger partial charge < -0.3 is 5.32 Å². The molecule has 0 saturated carbocycles. The van der Waals surface area contributed by atoms with Crippen LogP contribution in [-0.2, 0) is 9.84 Å². The minimum absolute atomic E-state index is 0.0676. The number of hydrogen-bond acceptors (Lipinski definition) is 5. The molecule has 1 atom stereocenters. The van der Waals surface area contributed by atoms with Gasteiger partial charge in [-0.2, -0.15) is 0 Å². The van der Waals surface area contributed by atoms with Crippen molar-refractivity contribution in [3.8, 4) is 0 Å². The van der Waals surface area contributed by atoms with E-state index in [0.29, 0.717) is 22.0 Å². The fourth-order valence-corrected chi connectivity index (χ4v) is 3.93. The van der Waals surface area contributed by atoms with Crippen LogP contribution in [0.15, 0.2) is 71.9 Å². The summed E-state index contributed by atoms with van der Waals surface area (Å²) in [5.74, 6) is -2.30. The Kier molecular flexibility index (Phi) is 5.36. The zero-order valence-electron chi connectivity index (χ0n) is 16.2. The van der Waals surface area contributed by atoms with Crippen LogP contribution in [0.25, 0.3) is 10.9 Å². The molecule has 0 aliphatic carbocycles. The van der Waals surface area contributed by atoms with Crippen molar-refractivity contribution < 1.29 is 21.6 Å². The molecular weight excluding hydrogens is 427 g/mol. The summed E-state index contributed by atoms with van der Waals surface area (Å²) in [5, 5.41) is 3.49. The van der Waals surface area contributed by atoms with Gasteiger partial charge >= 0.3 is 0 Å². The number of rotatable bonds is 5. The topological polar surface area (TPSA) is 72.0 Å². The second-order valence-corrected chi connectivity index (χ2v) is 9.00. The molecule has 0 saturated heterocycles. The molecule has 158 valence electrons. The molecular formula is C22H16F3N3O2S. The number of nitrogens with one attached hydrogen (secondary N) is 1. The first-order valence-electron chi connectivity index (χ1n) is 9.14. The molecule has 1 N–H and O–H groups in total. The zero-order valence-corrected chi connectivity index (χ0v) is 17.0. The van der Waals surface area contributed by atoms with E-state index in [1.54, 1.807) is 12.1 Å². The maximum atomic E-state index is 14.0. The number of fused-ring (bicyclic) bond motifs is 1. The van der Waals surface area contributed by atoms with Crippen LogP contribution < -0.4 is 5.32 Å². The number of anilines is 1. The average Bonchev–Trinajstić information content (AvgIpc) is 2.74. The normalized spacial score (nSPS) is 12.6. The fraction of sp³-hybridized carbons (Fsp3) is 0.0909. The second kappa shape index (κ2) is 7.99. The van der Waals surface area contributed by atoms with Gasteiger partial charge in [0.05, 0.1) is 16.5 Å². The molecule has 5 nitrogen and oxygen atoms in total. The Labute approximate surface area is 176 Å². The molecule has 4 rings (SSSR count). The van der Waals surface area contributed by atoms with E-state index in [1.165, 1.54) is 42.7 Å². The Hall–Kier alpha value is -3.46. The molecule has 0 amide bonds. The van der Waals surface area contributed by atoms with Gasteiger partial charge in [-0.15, -0.1) is 0 Å². The van der Waals surface area contributed by atoms with E-state index in [-0.39, 0.29) is 10.7 Å². The molecule has 0 bridgehead atoms. The van der Waals surface area contributed by atoms with Gasteiger partial charge in [0.15, 0.2) is 21.5 Å². The quantitative estimate of drug-likeness (QED) is 0.486. The number of nitrogens with zero attached hydrogens (tertiary/aromatic N) is 2. The first-order chi connectivity index (χ1) is 14.7. The number of benzene rings is 3. The summed E-state index contributed by atoms with van der Waals surface area (Å²) < 4.78 is 65.4. The van der Waals surface area contributed by atoms with Gasteiger partial charge in [-0.05, 0) is 53.6 Å². The highest BCUT2D eigenvalue weighted by Gasteiger charge is 2.20. The van der Waals surface area contributed by atoms with Crippen LogP contribution in [0.1, 0.15) is 17.2 Å². The van der Waals surface area contributed by atoms with Crippen LogP contribution in [0, 0.1) is 17.5 Å². The molecule has 0 spiro atoms. The van der Waals surface area contributed by atoms with Gasteiger partial charge in [0.2, 0.25) is 0 Å². The molecule has 4 aromatic rings. The van der Waals surface area contributed by atoms with Gasteiger partial charge in [-0.3, -0.25) is 0 Å². The van der Waals surface area contributed by atoms with Gasteiger partial charge in [0, 0.05) is 11.6 Å². The smallest absolute Gasteiger partial charge is 0.175 e. The highest BCUT2D eigenvalue weighted by Crippen LogP contribution is 2.31. The van der Waals surface area contributed by atoms with Crippen molar-refractivity contribution in [2.75, 3.05) is 11.6 Å². The van der Waals surface area contributed by atoms with E-state index in [0.717, 1.165) is 18.4 Å². The number of halogens is 3.